The molecule has 8 heteroatoms. The van der Waals surface area contributed by atoms with Gasteiger partial charge in [0, 0.05) is 37.3 Å². The Labute approximate surface area is 258 Å². The highest BCUT2D eigenvalue weighted by Crippen LogP contribution is 2.32. The summed E-state index contributed by atoms with van der Waals surface area (Å²) in [5.41, 5.74) is 5.95. The third-order valence-electron chi connectivity index (χ3n) is 7.21. The molecule has 43 heavy (non-hydrogen) atoms. The minimum Gasteiger partial charge on any atom is -0.435 e. The molecule has 0 N–H and O–H groups in total. The van der Waals surface area contributed by atoms with Crippen molar-refractivity contribution >= 4 is 15.9 Å². The number of halogens is 4. The van der Waals surface area contributed by atoms with Crippen molar-refractivity contribution in [2.75, 3.05) is 0 Å². The molecular formula is C35H33BrF3N3O. The molecule has 0 bridgehead atoms. The van der Waals surface area contributed by atoms with Crippen LogP contribution in [0.2, 0.25) is 0 Å². The van der Waals surface area contributed by atoms with Crippen LogP contribution < -0.4 is 4.74 Å². The van der Waals surface area contributed by atoms with E-state index in [1.807, 2.05) is 36.4 Å². The Morgan fingerprint density at radius 1 is 0.814 bits per heavy atom. The van der Waals surface area contributed by atoms with Crippen LogP contribution in [0, 0.1) is 5.82 Å². The van der Waals surface area contributed by atoms with Crippen molar-refractivity contribution in [1.29, 1.82) is 0 Å². The van der Waals surface area contributed by atoms with Gasteiger partial charge >= 0.3 is 6.61 Å². The molecule has 0 aliphatic carbocycles. The van der Waals surface area contributed by atoms with Gasteiger partial charge in [-0.15, -0.1) is 0 Å². The fraction of sp³-hybridized carbons (Fsp3) is 0.229. The van der Waals surface area contributed by atoms with Crippen LogP contribution in [0.3, 0.4) is 0 Å². The van der Waals surface area contributed by atoms with E-state index in [0.717, 1.165) is 58.9 Å². The van der Waals surface area contributed by atoms with Gasteiger partial charge in [0.25, 0.3) is 0 Å². The van der Waals surface area contributed by atoms with Gasteiger partial charge in [-0.2, -0.15) is 8.78 Å². The Morgan fingerprint density at radius 3 is 2.07 bits per heavy atom. The van der Waals surface area contributed by atoms with E-state index >= 15 is 0 Å². The maximum Gasteiger partial charge on any atom is 0.387 e. The third kappa shape index (κ3) is 7.94. The molecule has 5 rings (SSSR count). The summed E-state index contributed by atoms with van der Waals surface area (Å²) < 4.78 is 46.9. The van der Waals surface area contributed by atoms with E-state index in [9.17, 15) is 13.2 Å². The zero-order valence-electron chi connectivity index (χ0n) is 23.9. The molecule has 0 unspecified atom stereocenters. The molecule has 1 aromatic heterocycles. The van der Waals surface area contributed by atoms with Gasteiger partial charge in [0.05, 0.1) is 15.9 Å². The van der Waals surface area contributed by atoms with E-state index in [2.05, 4.69) is 61.3 Å². The van der Waals surface area contributed by atoms with Gasteiger partial charge in [0.1, 0.15) is 17.4 Å². The summed E-state index contributed by atoms with van der Waals surface area (Å²) >= 11 is 3.33. The summed E-state index contributed by atoms with van der Waals surface area (Å²) in [7, 11) is 0. The van der Waals surface area contributed by atoms with E-state index in [-0.39, 0.29) is 11.6 Å². The zero-order chi connectivity index (χ0) is 30.2. The van der Waals surface area contributed by atoms with Gasteiger partial charge in [-0.3, -0.25) is 4.90 Å². The molecule has 222 valence electrons. The molecular weight excluding hydrogens is 615 g/mol. The first-order valence-electron chi connectivity index (χ1n) is 14.3. The van der Waals surface area contributed by atoms with E-state index in [1.165, 1.54) is 6.07 Å². The van der Waals surface area contributed by atoms with Crippen molar-refractivity contribution in [2.45, 2.75) is 52.6 Å². The lowest BCUT2D eigenvalue weighted by Crippen LogP contribution is -2.24. The standard InChI is InChI=1S/C35H33BrF3N3O/c1-2-3-20-42-32(33(27-10-6-4-7-11-27)40-34(42)28-12-8-5-9-13-28)24-41(23-26-16-19-31(37)30(36)21-26)22-25-14-17-29(18-15-25)43-35(38)39/h4-19,21,35H,2-3,20,22-24H2,1H3. The predicted molar refractivity (Wildman–Crippen MR) is 168 cm³/mol. The molecule has 4 nitrogen and oxygen atoms in total. The Kier molecular flexibility index (Phi) is 10.3. The number of nitrogens with zero attached hydrogens (tertiary/aromatic N) is 3. The van der Waals surface area contributed by atoms with Gasteiger partial charge in [-0.1, -0.05) is 92.2 Å². The predicted octanol–water partition coefficient (Wildman–Crippen LogP) is 9.72. The first kappa shape index (κ1) is 30.6. The zero-order valence-corrected chi connectivity index (χ0v) is 25.5. The highest BCUT2D eigenvalue weighted by molar-refractivity contribution is 9.10. The minimum absolute atomic E-state index is 0.115. The molecule has 0 radical (unpaired) electrons. The van der Waals surface area contributed by atoms with Crippen molar-refractivity contribution in [2.24, 2.45) is 0 Å². The van der Waals surface area contributed by atoms with Gasteiger partial charge in [-0.25, -0.2) is 9.37 Å². The second-order valence-corrected chi connectivity index (χ2v) is 11.2. The smallest absolute Gasteiger partial charge is 0.387 e. The lowest BCUT2D eigenvalue weighted by Gasteiger charge is -2.25. The number of ether oxygens (including phenoxy) is 1. The van der Waals surface area contributed by atoms with Crippen LogP contribution in [0.5, 0.6) is 5.75 Å². The summed E-state index contributed by atoms with van der Waals surface area (Å²) in [5.74, 6) is 0.714. The number of alkyl halides is 2. The molecule has 4 aromatic carbocycles. The number of aromatic nitrogens is 2. The molecule has 0 atom stereocenters. The monoisotopic (exact) mass is 647 g/mol. The van der Waals surface area contributed by atoms with Crippen molar-refractivity contribution in [1.82, 2.24) is 14.5 Å². The highest BCUT2D eigenvalue weighted by Gasteiger charge is 2.22. The van der Waals surface area contributed by atoms with E-state index < -0.39 is 6.61 Å². The van der Waals surface area contributed by atoms with Crippen molar-refractivity contribution < 1.29 is 17.9 Å². The largest absolute Gasteiger partial charge is 0.435 e. The first-order chi connectivity index (χ1) is 20.9. The van der Waals surface area contributed by atoms with Crippen molar-refractivity contribution in [3.05, 3.63) is 130 Å². The second-order valence-electron chi connectivity index (χ2n) is 10.4. The minimum atomic E-state index is -2.88. The highest BCUT2D eigenvalue weighted by atomic mass is 79.9. The number of benzene rings is 4. The average Bonchev–Trinajstić information content (AvgIpc) is 3.37. The number of unbranched alkanes of at least 4 members (excludes halogenated alkanes) is 1. The van der Waals surface area contributed by atoms with Crippen molar-refractivity contribution in [3.63, 3.8) is 0 Å². The molecule has 0 aliphatic rings. The van der Waals surface area contributed by atoms with Crippen LogP contribution in [-0.4, -0.2) is 21.1 Å². The average molecular weight is 649 g/mol. The fourth-order valence-corrected chi connectivity index (χ4v) is 5.57. The van der Waals surface area contributed by atoms with Gasteiger partial charge in [0.15, 0.2) is 0 Å². The van der Waals surface area contributed by atoms with Crippen LogP contribution in [0.25, 0.3) is 22.6 Å². The van der Waals surface area contributed by atoms with Crippen LogP contribution in [0.1, 0.15) is 36.6 Å². The molecule has 0 saturated carbocycles. The van der Waals surface area contributed by atoms with E-state index in [0.29, 0.717) is 24.1 Å². The summed E-state index contributed by atoms with van der Waals surface area (Å²) in [4.78, 5) is 7.49. The normalized spacial score (nSPS) is 11.4. The third-order valence-corrected chi connectivity index (χ3v) is 7.81. The van der Waals surface area contributed by atoms with Crippen LogP contribution in [0.15, 0.2) is 108 Å². The molecule has 0 aliphatic heterocycles. The maximum atomic E-state index is 14.1. The van der Waals surface area contributed by atoms with E-state index in [1.54, 1.807) is 36.4 Å². The Bertz CT molecular complexity index is 1610. The summed E-state index contributed by atoms with van der Waals surface area (Å²) in [6.45, 7) is 1.72. The van der Waals surface area contributed by atoms with Crippen molar-refractivity contribution in [3.8, 4) is 28.4 Å². The van der Waals surface area contributed by atoms with Gasteiger partial charge < -0.3 is 9.30 Å². The lowest BCUT2D eigenvalue weighted by molar-refractivity contribution is -0.0498. The molecule has 0 saturated heterocycles. The summed E-state index contributed by atoms with van der Waals surface area (Å²) in [6, 6.07) is 32.2. The lowest BCUT2D eigenvalue weighted by atomic mass is 10.1. The van der Waals surface area contributed by atoms with Crippen LogP contribution in [0.4, 0.5) is 13.2 Å². The first-order valence-corrected chi connectivity index (χ1v) is 15.1. The summed E-state index contributed by atoms with van der Waals surface area (Å²) in [6.07, 6.45) is 2.03. The molecule has 0 fully saturated rings. The maximum absolute atomic E-state index is 14.1. The Hall–Kier alpha value is -3.88. The second kappa shape index (κ2) is 14.5. The number of hydrogen-bond donors (Lipinski definition) is 0. The van der Waals surface area contributed by atoms with Crippen LogP contribution in [-0.2, 0) is 26.2 Å². The van der Waals surface area contributed by atoms with Gasteiger partial charge in [-0.05, 0) is 57.7 Å². The number of rotatable bonds is 13. The molecule has 1 heterocycles. The summed E-state index contributed by atoms with van der Waals surface area (Å²) in [5, 5.41) is 0. The fourth-order valence-electron chi connectivity index (χ4n) is 5.15. The van der Waals surface area contributed by atoms with E-state index in [4.69, 9.17) is 4.98 Å². The Morgan fingerprint density at radius 2 is 1.44 bits per heavy atom. The van der Waals surface area contributed by atoms with Crippen LogP contribution >= 0.6 is 15.9 Å². The Balaban J connectivity index is 1.58. The molecule has 5 aromatic rings. The number of imidazole rings is 1. The van der Waals surface area contributed by atoms with Gasteiger partial charge in [0.2, 0.25) is 0 Å². The number of hydrogen-bond acceptors (Lipinski definition) is 3. The quantitative estimate of drug-likeness (QED) is 0.127. The molecule has 0 spiro atoms. The SMILES string of the molecule is CCCCn1c(-c2ccccc2)nc(-c2ccccc2)c1CN(Cc1ccc(OC(F)F)cc1)Cc1ccc(F)c(Br)c1. The molecule has 0 amide bonds. The topological polar surface area (TPSA) is 30.3 Å².